The summed E-state index contributed by atoms with van der Waals surface area (Å²) in [5.41, 5.74) is 0.486. The summed E-state index contributed by atoms with van der Waals surface area (Å²) in [6.45, 7) is 1.69. The molecule has 1 amide bonds. The van der Waals surface area contributed by atoms with Crippen LogP contribution in [0.15, 0.2) is 18.2 Å². The second-order valence-electron chi connectivity index (χ2n) is 3.96. The van der Waals surface area contributed by atoms with E-state index < -0.39 is 12.2 Å². The summed E-state index contributed by atoms with van der Waals surface area (Å²) in [7, 11) is 0. The Morgan fingerprint density at radius 2 is 2.00 bits per heavy atom. The van der Waals surface area contributed by atoms with Gasteiger partial charge in [0.2, 0.25) is 5.91 Å². The largest absolute Gasteiger partial charge is 0.390 e. The molecular weight excluding hydrogens is 277 g/mol. The summed E-state index contributed by atoms with van der Waals surface area (Å²) in [5.74, 6) is -0.175. The molecule has 0 spiro atoms. The van der Waals surface area contributed by atoms with Crippen LogP contribution >= 0.6 is 23.2 Å². The Morgan fingerprint density at radius 3 is 2.56 bits per heavy atom. The van der Waals surface area contributed by atoms with Gasteiger partial charge in [0.05, 0.1) is 16.1 Å². The van der Waals surface area contributed by atoms with Crippen molar-refractivity contribution in [3.8, 4) is 0 Å². The summed E-state index contributed by atoms with van der Waals surface area (Å²) in [6.07, 6.45) is -1.79. The van der Waals surface area contributed by atoms with Crippen molar-refractivity contribution >= 4 is 29.1 Å². The van der Waals surface area contributed by atoms with Crippen molar-refractivity contribution in [2.75, 3.05) is 6.54 Å². The van der Waals surface area contributed by atoms with Crippen LogP contribution in [-0.4, -0.2) is 28.8 Å². The standard InChI is InChI=1S/C12H15Cl2NO3/c1-7(16)15-5-4-11(17)12(18)8-2-3-9(13)10(14)6-8/h2-3,6,11-12,17-18H,4-5H2,1H3,(H,15,16). The molecule has 1 aromatic rings. The van der Waals surface area contributed by atoms with E-state index in [0.29, 0.717) is 22.2 Å². The lowest BCUT2D eigenvalue weighted by Gasteiger charge is -2.18. The Bertz CT molecular complexity index is 426. The minimum absolute atomic E-state index is 0.175. The van der Waals surface area contributed by atoms with Gasteiger partial charge in [0.25, 0.3) is 0 Å². The van der Waals surface area contributed by atoms with Gasteiger partial charge in [0.15, 0.2) is 0 Å². The zero-order valence-corrected chi connectivity index (χ0v) is 11.4. The number of rotatable bonds is 5. The topological polar surface area (TPSA) is 69.6 Å². The van der Waals surface area contributed by atoms with Gasteiger partial charge in [-0.25, -0.2) is 0 Å². The maximum atomic E-state index is 10.7. The maximum absolute atomic E-state index is 10.7. The quantitative estimate of drug-likeness (QED) is 0.776. The summed E-state index contributed by atoms with van der Waals surface area (Å²) >= 11 is 11.6. The lowest BCUT2D eigenvalue weighted by atomic mass is 10.0. The molecule has 0 bridgehead atoms. The average Bonchev–Trinajstić information content (AvgIpc) is 2.31. The van der Waals surface area contributed by atoms with Gasteiger partial charge in [0.1, 0.15) is 6.10 Å². The van der Waals surface area contributed by atoms with E-state index in [-0.39, 0.29) is 12.3 Å². The van der Waals surface area contributed by atoms with Crippen molar-refractivity contribution in [3.05, 3.63) is 33.8 Å². The lowest BCUT2D eigenvalue weighted by molar-refractivity contribution is -0.119. The molecule has 4 nitrogen and oxygen atoms in total. The number of hydrogen-bond acceptors (Lipinski definition) is 3. The number of benzene rings is 1. The van der Waals surface area contributed by atoms with Gasteiger partial charge in [-0.05, 0) is 24.1 Å². The Labute approximate surface area is 116 Å². The van der Waals surface area contributed by atoms with Crippen molar-refractivity contribution in [3.63, 3.8) is 0 Å². The Hall–Kier alpha value is -0.810. The molecule has 1 aromatic carbocycles. The van der Waals surface area contributed by atoms with Crippen molar-refractivity contribution < 1.29 is 15.0 Å². The van der Waals surface area contributed by atoms with Crippen LogP contribution in [0.3, 0.4) is 0 Å². The van der Waals surface area contributed by atoms with E-state index in [4.69, 9.17) is 23.2 Å². The molecule has 0 heterocycles. The van der Waals surface area contributed by atoms with Gasteiger partial charge in [-0.15, -0.1) is 0 Å². The normalized spacial score (nSPS) is 14.1. The number of aliphatic hydroxyl groups excluding tert-OH is 2. The fourth-order valence-corrected chi connectivity index (χ4v) is 1.78. The number of nitrogens with one attached hydrogen (secondary N) is 1. The molecule has 0 aliphatic rings. The van der Waals surface area contributed by atoms with Gasteiger partial charge in [-0.1, -0.05) is 29.3 Å². The highest BCUT2D eigenvalue weighted by atomic mass is 35.5. The van der Waals surface area contributed by atoms with Gasteiger partial charge in [-0.3, -0.25) is 4.79 Å². The molecule has 0 radical (unpaired) electrons. The first-order chi connectivity index (χ1) is 8.41. The molecule has 0 fully saturated rings. The van der Waals surface area contributed by atoms with Crippen LogP contribution in [0.1, 0.15) is 25.0 Å². The van der Waals surface area contributed by atoms with Crippen LogP contribution in [-0.2, 0) is 4.79 Å². The number of amides is 1. The third-order valence-corrected chi connectivity index (χ3v) is 3.20. The molecule has 18 heavy (non-hydrogen) atoms. The number of aliphatic hydroxyl groups is 2. The zero-order valence-electron chi connectivity index (χ0n) is 9.86. The molecule has 0 saturated carbocycles. The first-order valence-corrected chi connectivity index (χ1v) is 6.23. The molecule has 100 valence electrons. The van der Waals surface area contributed by atoms with Crippen LogP contribution in [0.25, 0.3) is 0 Å². The second kappa shape index (κ2) is 6.95. The molecule has 6 heteroatoms. The highest BCUT2D eigenvalue weighted by molar-refractivity contribution is 6.42. The third-order valence-electron chi connectivity index (χ3n) is 2.46. The minimum atomic E-state index is -1.06. The second-order valence-corrected chi connectivity index (χ2v) is 4.77. The first kappa shape index (κ1) is 15.2. The molecule has 2 unspecified atom stereocenters. The molecule has 0 aliphatic heterocycles. The Kier molecular flexibility index (Phi) is 5.88. The number of hydrogen-bond donors (Lipinski definition) is 3. The molecule has 0 saturated heterocycles. The highest BCUT2D eigenvalue weighted by Gasteiger charge is 2.18. The Morgan fingerprint density at radius 1 is 1.33 bits per heavy atom. The van der Waals surface area contributed by atoms with E-state index in [1.165, 1.54) is 13.0 Å². The molecule has 2 atom stereocenters. The Balaban J connectivity index is 2.59. The molecule has 1 rings (SSSR count). The maximum Gasteiger partial charge on any atom is 0.216 e. The SMILES string of the molecule is CC(=O)NCCC(O)C(O)c1ccc(Cl)c(Cl)c1. The summed E-state index contributed by atoms with van der Waals surface area (Å²) in [6, 6.07) is 4.67. The van der Waals surface area contributed by atoms with Crippen LogP contribution in [0.4, 0.5) is 0 Å². The fourth-order valence-electron chi connectivity index (χ4n) is 1.47. The van der Waals surface area contributed by atoms with E-state index in [1.807, 2.05) is 0 Å². The molecule has 0 aromatic heterocycles. The smallest absolute Gasteiger partial charge is 0.216 e. The monoisotopic (exact) mass is 291 g/mol. The van der Waals surface area contributed by atoms with E-state index in [9.17, 15) is 15.0 Å². The minimum Gasteiger partial charge on any atom is -0.390 e. The van der Waals surface area contributed by atoms with Gasteiger partial charge in [-0.2, -0.15) is 0 Å². The van der Waals surface area contributed by atoms with Gasteiger partial charge < -0.3 is 15.5 Å². The predicted octanol–water partition coefficient (Wildman–Crippen LogP) is 1.91. The van der Waals surface area contributed by atoms with Crippen LogP contribution in [0.2, 0.25) is 10.0 Å². The third kappa shape index (κ3) is 4.46. The summed E-state index contributed by atoms with van der Waals surface area (Å²) < 4.78 is 0. The lowest BCUT2D eigenvalue weighted by Crippen LogP contribution is -2.27. The van der Waals surface area contributed by atoms with Crippen LogP contribution < -0.4 is 5.32 Å². The van der Waals surface area contributed by atoms with E-state index in [2.05, 4.69) is 5.32 Å². The van der Waals surface area contributed by atoms with E-state index in [1.54, 1.807) is 12.1 Å². The molecular formula is C12H15Cl2NO3. The molecule has 0 aliphatic carbocycles. The highest BCUT2D eigenvalue weighted by Crippen LogP contribution is 2.27. The van der Waals surface area contributed by atoms with Gasteiger partial charge in [0, 0.05) is 13.5 Å². The van der Waals surface area contributed by atoms with Crippen LogP contribution in [0.5, 0.6) is 0 Å². The van der Waals surface area contributed by atoms with E-state index in [0.717, 1.165) is 0 Å². The van der Waals surface area contributed by atoms with Crippen LogP contribution in [0, 0.1) is 0 Å². The zero-order chi connectivity index (χ0) is 13.7. The fraction of sp³-hybridized carbons (Fsp3) is 0.417. The average molecular weight is 292 g/mol. The first-order valence-electron chi connectivity index (χ1n) is 5.47. The summed E-state index contributed by atoms with van der Waals surface area (Å²) in [5, 5.41) is 22.9. The number of halogens is 2. The van der Waals surface area contributed by atoms with Crippen molar-refractivity contribution in [2.24, 2.45) is 0 Å². The number of carbonyl (C=O) groups is 1. The van der Waals surface area contributed by atoms with E-state index >= 15 is 0 Å². The predicted molar refractivity (Wildman–Crippen MR) is 70.7 cm³/mol. The van der Waals surface area contributed by atoms with Crippen molar-refractivity contribution in [1.29, 1.82) is 0 Å². The number of carbonyl (C=O) groups excluding carboxylic acids is 1. The summed E-state index contributed by atoms with van der Waals surface area (Å²) in [4.78, 5) is 10.7. The van der Waals surface area contributed by atoms with Crippen molar-refractivity contribution in [2.45, 2.75) is 25.6 Å². The molecule has 3 N–H and O–H groups in total. The van der Waals surface area contributed by atoms with Crippen molar-refractivity contribution in [1.82, 2.24) is 5.32 Å². The van der Waals surface area contributed by atoms with Gasteiger partial charge >= 0.3 is 0 Å².